The van der Waals surface area contributed by atoms with Crippen molar-refractivity contribution in [2.75, 3.05) is 19.6 Å². The van der Waals surface area contributed by atoms with Crippen molar-refractivity contribution < 1.29 is 4.79 Å². The summed E-state index contributed by atoms with van der Waals surface area (Å²) in [7, 11) is 0. The quantitative estimate of drug-likeness (QED) is 0.852. The molecule has 1 aliphatic carbocycles. The molecule has 0 radical (unpaired) electrons. The molecule has 24 heavy (non-hydrogen) atoms. The highest BCUT2D eigenvalue weighted by Gasteiger charge is 2.16. The molecular weight excluding hydrogens is 296 g/mol. The Hall–Kier alpha value is -2.13. The maximum Gasteiger partial charge on any atom is 0.227 e. The van der Waals surface area contributed by atoms with Gasteiger partial charge in [0, 0.05) is 19.6 Å². The monoisotopic (exact) mass is 322 g/mol. The van der Waals surface area contributed by atoms with Gasteiger partial charge in [0.05, 0.1) is 6.42 Å². The lowest BCUT2D eigenvalue weighted by Crippen LogP contribution is -2.37. The molecule has 1 amide bonds. The number of hydrogen-bond acceptors (Lipinski definition) is 2. The Labute approximate surface area is 144 Å². The molecule has 0 aromatic heterocycles. The van der Waals surface area contributed by atoms with E-state index in [2.05, 4.69) is 30.3 Å². The summed E-state index contributed by atoms with van der Waals surface area (Å²) in [5.41, 5.74) is 11.0. The van der Waals surface area contributed by atoms with Crippen LogP contribution in [0.5, 0.6) is 0 Å². The first kappa shape index (κ1) is 16.7. The van der Waals surface area contributed by atoms with Crippen LogP contribution >= 0.6 is 0 Å². The number of nitrogens with zero attached hydrogens (tertiary/aromatic N) is 1. The van der Waals surface area contributed by atoms with Crippen LogP contribution in [0.2, 0.25) is 0 Å². The van der Waals surface area contributed by atoms with Crippen LogP contribution in [0, 0.1) is 0 Å². The molecule has 0 saturated carbocycles. The third-order valence-corrected chi connectivity index (χ3v) is 4.78. The van der Waals surface area contributed by atoms with Crippen molar-refractivity contribution in [2.45, 2.75) is 32.1 Å². The van der Waals surface area contributed by atoms with Gasteiger partial charge in [-0.25, -0.2) is 0 Å². The molecule has 2 aromatic carbocycles. The van der Waals surface area contributed by atoms with Crippen molar-refractivity contribution in [3.8, 4) is 0 Å². The van der Waals surface area contributed by atoms with Crippen LogP contribution < -0.4 is 5.73 Å². The molecule has 3 nitrogen and oxygen atoms in total. The van der Waals surface area contributed by atoms with Gasteiger partial charge in [-0.2, -0.15) is 0 Å². The molecule has 0 heterocycles. The van der Waals surface area contributed by atoms with Crippen molar-refractivity contribution in [1.82, 2.24) is 4.90 Å². The molecule has 0 unspecified atom stereocenters. The summed E-state index contributed by atoms with van der Waals surface area (Å²) in [6.07, 6.45) is 4.92. The molecule has 0 saturated heterocycles. The van der Waals surface area contributed by atoms with Crippen LogP contribution in [-0.2, 0) is 30.5 Å². The molecule has 2 N–H and O–H groups in total. The Kier molecular flexibility index (Phi) is 5.65. The highest BCUT2D eigenvalue weighted by Crippen LogP contribution is 2.23. The van der Waals surface area contributed by atoms with Crippen molar-refractivity contribution in [1.29, 1.82) is 0 Å². The minimum atomic E-state index is 0.175. The highest BCUT2D eigenvalue weighted by atomic mass is 16.2. The maximum atomic E-state index is 12.7. The number of benzene rings is 2. The highest BCUT2D eigenvalue weighted by molar-refractivity contribution is 5.79. The number of hydrogen-bond donors (Lipinski definition) is 1. The SMILES string of the molecule is NCCN(CCc1ccccc1)C(=O)Cc1ccc2c(c1)CCC2. The number of rotatable bonds is 7. The van der Waals surface area contributed by atoms with Crippen LogP contribution in [0.4, 0.5) is 0 Å². The van der Waals surface area contributed by atoms with Gasteiger partial charge in [0.15, 0.2) is 0 Å². The molecular formula is C21H26N2O. The number of nitrogens with two attached hydrogens (primary N) is 1. The fraction of sp³-hybridized carbons (Fsp3) is 0.381. The van der Waals surface area contributed by atoms with Crippen LogP contribution in [0.1, 0.15) is 28.7 Å². The van der Waals surface area contributed by atoms with Gasteiger partial charge >= 0.3 is 0 Å². The van der Waals surface area contributed by atoms with E-state index in [1.807, 2.05) is 23.1 Å². The van der Waals surface area contributed by atoms with Crippen molar-refractivity contribution >= 4 is 5.91 Å². The largest absolute Gasteiger partial charge is 0.341 e. The molecule has 1 aliphatic rings. The molecule has 126 valence electrons. The predicted octanol–water partition coefficient (Wildman–Crippen LogP) is 2.75. The minimum Gasteiger partial charge on any atom is -0.341 e. The van der Waals surface area contributed by atoms with Crippen molar-refractivity contribution in [3.63, 3.8) is 0 Å². The standard InChI is InChI=1S/C21H26N2O/c22-12-14-23(13-11-17-5-2-1-3-6-17)21(24)16-18-9-10-19-7-4-8-20(19)15-18/h1-3,5-6,9-10,15H,4,7-8,11-14,16,22H2. The van der Waals surface area contributed by atoms with E-state index in [9.17, 15) is 4.79 Å². The second kappa shape index (κ2) is 8.11. The Morgan fingerprint density at radius 3 is 2.54 bits per heavy atom. The molecule has 2 aromatic rings. The Morgan fingerprint density at radius 2 is 1.75 bits per heavy atom. The first-order valence-corrected chi connectivity index (χ1v) is 8.88. The Bertz CT molecular complexity index is 681. The summed E-state index contributed by atoms with van der Waals surface area (Å²) in [5.74, 6) is 0.175. The predicted molar refractivity (Wildman–Crippen MR) is 98.0 cm³/mol. The summed E-state index contributed by atoms with van der Waals surface area (Å²) in [4.78, 5) is 14.6. The van der Waals surface area contributed by atoms with Crippen LogP contribution in [0.3, 0.4) is 0 Å². The Morgan fingerprint density at radius 1 is 0.958 bits per heavy atom. The van der Waals surface area contributed by atoms with Gasteiger partial charge in [-0.1, -0.05) is 48.5 Å². The zero-order chi connectivity index (χ0) is 16.8. The van der Waals surface area contributed by atoms with E-state index in [0.717, 1.165) is 24.9 Å². The van der Waals surface area contributed by atoms with Crippen LogP contribution in [0.25, 0.3) is 0 Å². The molecule has 0 aliphatic heterocycles. The second-order valence-electron chi connectivity index (χ2n) is 6.54. The smallest absolute Gasteiger partial charge is 0.227 e. The normalized spacial score (nSPS) is 12.9. The molecule has 0 fully saturated rings. The van der Waals surface area contributed by atoms with Crippen LogP contribution in [-0.4, -0.2) is 30.4 Å². The topological polar surface area (TPSA) is 46.3 Å². The van der Waals surface area contributed by atoms with Gasteiger partial charge in [-0.05, 0) is 47.9 Å². The molecule has 3 heteroatoms. The van der Waals surface area contributed by atoms with E-state index in [-0.39, 0.29) is 5.91 Å². The summed E-state index contributed by atoms with van der Waals surface area (Å²) in [6, 6.07) is 16.8. The van der Waals surface area contributed by atoms with Gasteiger partial charge in [-0.15, -0.1) is 0 Å². The number of aryl methyl sites for hydroxylation is 2. The average Bonchev–Trinajstić information content (AvgIpc) is 3.07. The lowest BCUT2D eigenvalue weighted by atomic mass is 10.0. The van der Waals surface area contributed by atoms with Crippen molar-refractivity contribution in [3.05, 3.63) is 70.8 Å². The van der Waals surface area contributed by atoms with E-state index in [1.165, 1.54) is 29.5 Å². The number of carbonyl (C=O) groups is 1. The maximum absolute atomic E-state index is 12.7. The minimum absolute atomic E-state index is 0.175. The molecule has 0 atom stereocenters. The molecule has 0 spiro atoms. The van der Waals surface area contributed by atoms with Gasteiger partial charge < -0.3 is 10.6 Å². The summed E-state index contributed by atoms with van der Waals surface area (Å²) < 4.78 is 0. The second-order valence-corrected chi connectivity index (χ2v) is 6.54. The Balaban J connectivity index is 1.61. The van der Waals surface area contributed by atoms with E-state index in [0.29, 0.717) is 19.5 Å². The van der Waals surface area contributed by atoms with Gasteiger partial charge in [0.1, 0.15) is 0 Å². The number of amides is 1. The molecule has 0 bridgehead atoms. The van der Waals surface area contributed by atoms with Gasteiger partial charge in [0.25, 0.3) is 0 Å². The van der Waals surface area contributed by atoms with E-state index in [1.54, 1.807) is 0 Å². The van der Waals surface area contributed by atoms with E-state index >= 15 is 0 Å². The first-order chi connectivity index (χ1) is 11.8. The molecule has 3 rings (SSSR count). The number of fused-ring (bicyclic) bond motifs is 1. The van der Waals surface area contributed by atoms with Crippen LogP contribution in [0.15, 0.2) is 48.5 Å². The fourth-order valence-corrected chi connectivity index (χ4v) is 3.45. The summed E-state index contributed by atoms with van der Waals surface area (Å²) in [6.45, 7) is 1.85. The summed E-state index contributed by atoms with van der Waals surface area (Å²) >= 11 is 0. The zero-order valence-corrected chi connectivity index (χ0v) is 14.2. The van der Waals surface area contributed by atoms with E-state index in [4.69, 9.17) is 5.73 Å². The zero-order valence-electron chi connectivity index (χ0n) is 14.2. The average molecular weight is 322 g/mol. The fourth-order valence-electron chi connectivity index (χ4n) is 3.45. The lowest BCUT2D eigenvalue weighted by Gasteiger charge is -2.22. The first-order valence-electron chi connectivity index (χ1n) is 8.88. The van der Waals surface area contributed by atoms with Crippen molar-refractivity contribution in [2.24, 2.45) is 5.73 Å². The number of carbonyl (C=O) groups excluding carboxylic acids is 1. The summed E-state index contributed by atoms with van der Waals surface area (Å²) in [5, 5.41) is 0. The van der Waals surface area contributed by atoms with Gasteiger partial charge in [0.2, 0.25) is 5.91 Å². The third-order valence-electron chi connectivity index (χ3n) is 4.78. The third kappa shape index (κ3) is 4.24. The lowest BCUT2D eigenvalue weighted by molar-refractivity contribution is -0.130. The van der Waals surface area contributed by atoms with Gasteiger partial charge in [-0.3, -0.25) is 4.79 Å². The van der Waals surface area contributed by atoms with E-state index < -0.39 is 0 Å².